The summed E-state index contributed by atoms with van der Waals surface area (Å²) >= 11 is 7.74. The molecule has 3 aromatic rings. The van der Waals surface area contributed by atoms with Crippen LogP contribution in [0.5, 0.6) is 5.75 Å². The van der Waals surface area contributed by atoms with Gasteiger partial charge in [-0.1, -0.05) is 35.9 Å². The van der Waals surface area contributed by atoms with Crippen molar-refractivity contribution in [3.05, 3.63) is 80.5 Å². The van der Waals surface area contributed by atoms with Gasteiger partial charge in [-0.25, -0.2) is 0 Å². The predicted octanol–water partition coefficient (Wildman–Crippen LogP) is 5.27. The van der Waals surface area contributed by atoms with Gasteiger partial charge < -0.3 is 15.0 Å². The van der Waals surface area contributed by atoms with Crippen LogP contribution >= 0.6 is 22.9 Å². The van der Waals surface area contributed by atoms with Crippen molar-refractivity contribution in [3.8, 4) is 5.75 Å². The largest absolute Gasteiger partial charge is 0.495 e. The van der Waals surface area contributed by atoms with Gasteiger partial charge >= 0.3 is 0 Å². The van der Waals surface area contributed by atoms with Crippen molar-refractivity contribution in [2.45, 2.75) is 18.9 Å². The zero-order valence-corrected chi connectivity index (χ0v) is 18.4. The zero-order valence-electron chi connectivity index (χ0n) is 16.8. The quantitative estimate of drug-likeness (QED) is 0.601. The van der Waals surface area contributed by atoms with E-state index in [1.807, 2.05) is 42.6 Å². The molecular weight excluding hydrogens is 420 g/mol. The van der Waals surface area contributed by atoms with Gasteiger partial charge in [0.15, 0.2) is 0 Å². The first-order chi connectivity index (χ1) is 14.4. The summed E-state index contributed by atoms with van der Waals surface area (Å²) in [6.45, 7) is 1.87. The molecule has 2 amide bonds. The maximum atomic E-state index is 13.6. The maximum Gasteiger partial charge on any atom is 0.254 e. The van der Waals surface area contributed by atoms with Crippen LogP contribution in [0.4, 0.5) is 5.69 Å². The van der Waals surface area contributed by atoms with E-state index in [4.69, 9.17) is 16.3 Å². The van der Waals surface area contributed by atoms with Crippen molar-refractivity contribution in [1.29, 1.82) is 0 Å². The van der Waals surface area contributed by atoms with Gasteiger partial charge in [0.25, 0.3) is 5.91 Å². The Morgan fingerprint density at radius 3 is 2.67 bits per heavy atom. The molecular formula is C23H21ClN2O3S. The molecule has 1 aromatic heterocycles. The van der Waals surface area contributed by atoms with Crippen LogP contribution in [0.3, 0.4) is 0 Å². The van der Waals surface area contributed by atoms with Gasteiger partial charge in [-0.2, -0.15) is 0 Å². The van der Waals surface area contributed by atoms with E-state index in [-0.39, 0.29) is 11.8 Å². The van der Waals surface area contributed by atoms with Crippen LogP contribution in [0.1, 0.15) is 38.3 Å². The van der Waals surface area contributed by atoms with E-state index in [1.54, 1.807) is 30.1 Å². The Balaban J connectivity index is 1.80. The summed E-state index contributed by atoms with van der Waals surface area (Å²) < 4.78 is 5.41. The third kappa shape index (κ3) is 3.46. The van der Waals surface area contributed by atoms with Crippen molar-refractivity contribution >= 4 is 40.4 Å². The lowest BCUT2D eigenvalue weighted by atomic mass is 9.81. The Bertz CT molecular complexity index is 1110. The number of rotatable bonds is 4. The van der Waals surface area contributed by atoms with Gasteiger partial charge in [0.05, 0.1) is 24.8 Å². The molecule has 0 radical (unpaired) electrons. The number of likely N-dealkylation sites (N-methyl/N-ethyl adjacent to an activating group) is 1. The molecule has 1 aliphatic rings. The van der Waals surface area contributed by atoms with Crippen LogP contribution in [0, 0.1) is 6.92 Å². The number of carbonyl (C=O) groups excluding carboxylic acids is 2. The normalized spacial score (nSPS) is 18.1. The van der Waals surface area contributed by atoms with Gasteiger partial charge in [0.2, 0.25) is 5.91 Å². The lowest BCUT2D eigenvalue weighted by molar-refractivity contribution is -0.119. The Hall–Kier alpha value is -2.83. The van der Waals surface area contributed by atoms with Crippen molar-refractivity contribution < 1.29 is 14.3 Å². The molecule has 2 heterocycles. The first-order valence-electron chi connectivity index (χ1n) is 9.47. The van der Waals surface area contributed by atoms with Gasteiger partial charge in [0, 0.05) is 28.6 Å². The van der Waals surface area contributed by atoms with Crippen molar-refractivity contribution in [3.63, 3.8) is 0 Å². The Morgan fingerprint density at radius 1 is 1.20 bits per heavy atom. The molecule has 0 saturated carbocycles. The molecule has 7 heteroatoms. The minimum absolute atomic E-state index is 0.0898. The fraction of sp³-hybridized carbons (Fsp3) is 0.217. The highest BCUT2D eigenvalue weighted by atomic mass is 35.5. The molecule has 154 valence electrons. The first-order valence-corrected chi connectivity index (χ1v) is 10.7. The average molecular weight is 441 g/mol. The molecule has 2 atom stereocenters. The highest BCUT2D eigenvalue weighted by molar-refractivity contribution is 7.10. The second-order valence-corrected chi connectivity index (χ2v) is 8.62. The highest BCUT2D eigenvalue weighted by Gasteiger charge is 2.43. The zero-order chi connectivity index (χ0) is 21.4. The Morgan fingerprint density at radius 2 is 1.97 bits per heavy atom. The molecule has 4 rings (SSSR count). The smallest absolute Gasteiger partial charge is 0.254 e. The van der Waals surface area contributed by atoms with E-state index in [0.29, 0.717) is 22.0 Å². The average Bonchev–Trinajstić information content (AvgIpc) is 3.27. The van der Waals surface area contributed by atoms with Crippen LogP contribution in [-0.4, -0.2) is 30.9 Å². The number of thiophene rings is 1. The number of hydrogen-bond donors (Lipinski definition) is 1. The minimum atomic E-state index is -0.566. The summed E-state index contributed by atoms with van der Waals surface area (Å²) in [6.07, 6.45) is 0. The summed E-state index contributed by atoms with van der Waals surface area (Å²) in [5, 5.41) is 5.53. The van der Waals surface area contributed by atoms with E-state index in [9.17, 15) is 9.59 Å². The fourth-order valence-corrected chi connectivity index (χ4v) is 4.97. The number of amides is 2. The second kappa shape index (κ2) is 8.13. The van der Waals surface area contributed by atoms with Crippen LogP contribution in [0.25, 0.3) is 0 Å². The molecule has 0 bridgehead atoms. The summed E-state index contributed by atoms with van der Waals surface area (Å²) in [6, 6.07) is 14.3. The molecule has 0 saturated heterocycles. The van der Waals surface area contributed by atoms with Gasteiger partial charge in [0.1, 0.15) is 5.75 Å². The number of aryl methyl sites for hydroxylation is 1. The molecule has 0 spiro atoms. The number of anilines is 1. The van der Waals surface area contributed by atoms with Gasteiger partial charge in [-0.3, -0.25) is 9.59 Å². The van der Waals surface area contributed by atoms with Crippen LogP contribution < -0.4 is 10.1 Å². The monoisotopic (exact) mass is 440 g/mol. The molecule has 30 heavy (non-hydrogen) atoms. The summed E-state index contributed by atoms with van der Waals surface area (Å²) in [5.41, 5.74) is 2.65. The van der Waals surface area contributed by atoms with E-state index in [0.717, 1.165) is 16.0 Å². The molecule has 1 aliphatic heterocycles. The highest BCUT2D eigenvalue weighted by Crippen LogP contribution is 2.44. The number of nitrogens with one attached hydrogen (secondary N) is 1. The van der Waals surface area contributed by atoms with E-state index >= 15 is 0 Å². The third-order valence-corrected chi connectivity index (χ3v) is 6.79. The number of halogens is 1. The maximum absolute atomic E-state index is 13.6. The van der Waals surface area contributed by atoms with Gasteiger partial charge in [-0.05, 0) is 41.6 Å². The molecule has 0 unspecified atom stereocenters. The number of carbonyl (C=O) groups is 2. The summed E-state index contributed by atoms with van der Waals surface area (Å²) in [5.74, 6) is -0.378. The molecule has 0 fully saturated rings. The number of fused-ring (bicyclic) bond motifs is 1. The van der Waals surface area contributed by atoms with Crippen LogP contribution in [0.2, 0.25) is 5.02 Å². The molecule has 0 aliphatic carbocycles. The number of benzene rings is 2. The SMILES string of the molecule is COc1cc(Cl)c(C)cc1NC(=O)[C@H]1c2ccccc2C(=O)N(C)[C@H]1c1cccs1. The number of ether oxygens (including phenoxy) is 1. The summed E-state index contributed by atoms with van der Waals surface area (Å²) in [7, 11) is 3.28. The molecule has 5 nitrogen and oxygen atoms in total. The lowest BCUT2D eigenvalue weighted by Gasteiger charge is -2.39. The Kier molecular flexibility index (Phi) is 5.54. The predicted molar refractivity (Wildman–Crippen MR) is 120 cm³/mol. The number of hydrogen-bond acceptors (Lipinski definition) is 4. The van der Waals surface area contributed by atoms with Crippen molar-refractivity contribution in [2.75, 3.05) is 19.5 Å². The Labute approximate surface area is 184 Å². The van der Waals surface area contributed by atoms with E-state index < -0.39 is 12.0 Å². The topological polar surface area (TPSA) is 58.6 Å². The van der Waals surface area contributed by atoms with Crippen LogP contribution in [-0.2, 0) is 4.79 Å². The number of methoxy groups -OCH3 is 1. The van der Waals surface area contributed by atoms with Crippen LogP contribution in [0.15, 0.2) is 53.9 Å². The minimum Gasteiger partial charge on any atom is -0.495 e. The second-order valence-electron chi connectivity index (χ2n) is 7.23. The van der Waals surface area contributed by atoms with Gasteiger partial charge in [-0.15, -0.1) is 11.3 Å². The van der Waals surface area contributed by atoms with E-state index in [2.05, 4.69) is 5.32 Å². The van der Waals surface area contributed by atoms with Crippen molar-refractivity contribution in [1.82, 2.24) is 4.90 Å². The lowest BCUT2D eigenvalue weighted by Crippen LogP contribution is -2.43. The molecule has 2 aromatic carbocycles. The van der Waals surface area contributed by atoms with Crippen molar-refractivity contribution in [2.24, 2.45) is 0 Å². The number of nitrogens with zero attached hydrogens (tertiary/aromatic N) is 1. The molecule has 1 N–H and O–H groups in total. The van der Waals surface area contributed by atoms with E-state index in [1.165, 1.54) is 18.4 Å². The standard InChI is InChI=1S/C23H21ClN2O3S/c1-13-11-17(18(29-3)12-16(13)24)25-22(27)20-14-7-4-5-8-15(14)23(28)26(2)21(20)19-9-6-10-30-19/h4-12,20-21H,1-3H3,(H,25,27)/t20-,21-/m0/s1. The summed E-state index contributed by atoms with van der Waals surface area (Å²) in [4.78, 5) is 29.2. The first kappa shape index (κ1) is 20.4. The fourth-order valence-electron chi connectivity index (χ4n) is 3.91. The third-order valence-electron chi connectivity index (χ3n) is 5.44.